The van der Waals surface area contributed by atoms with E-state index in [4.69, 9.17) is 10.5 Å². The van der Waals surface area contributed by atoms with E-state index in [0.717, 1.165) is 5.56 Å². The third kappa shape index (κ3) is 4.13. The number of carbonyl (C=O) groups is 1. The lowest BCUT2D eigenvalue weighted by Gasteiger charge is -2.05. The molecule has 0 heterocycles. The van der Waals surface area contributed by atoms with Crippen molar-refractivity contribution in [3.63, 3.8) is 0 Å². The first-order valence-electron chi connectivity index (χ1n) is 5.49. The van der Waals surface area contributed by atoms with Crippen molar-refractivity contribution < 1.29 is 9.53 Å². The van der Waals surface area contributed by atoms with Gasteiger partial charge in [0.25, 0.3) is 0 Å². The van der Waals surface area contributed by atoms with Crippen molar-refractivity contribution in [2.75, 3.05) is 19.8 Å². The Morgan fingerprint density at radius 2 is 2.06 bits per heavy atom. The SMILES string of the molecule is Cc1ccc(CC(=O)COCCN)cc1C. The fourth-order valence-electron chi connectivity index (χ4n) is 1.46. The van der Waals surface area contributed by atoms with Crippen LogP contribution in [-0.2, 0) is 16.0 Å². The molecule has 1 aromatic rings. The van der Waals surface area contributed by atoms with Crippen molar-refractivity contribution >= 4 is 5.78 Å². The van der Waals surface area contributed by atoms with E-state index in [1.165, 1.54) is 11.1 Å². The molecule has 0 aliphatic rings. The summed E-state index contributed by atoms with van der Waals surface area (Å²) in [5.74, 6) is 0.0942. The Balaban J connectivity index is 2.46. The zero-order chi connectivity index (χ0) is 12.0. The van der Waals surface area contributed by atoms with Crippen LogP contribution in [0, 0.1) is 13.8 Å². The van der Waals surface area contributed by atoms with Gasteiger partial charge in [0.05, 0.1) is 6.61 Å². The van der Waals surface area contributed by atoms with E-state index in [2.05, 4.69) is 13.0 Å². The molecular formula is C13H19NO2. The van der Waals surface area contributed by atoms with E-state index in [-0.39, 0.29) is 12.4 Å². The highest BCUT2D eigenvalue weighted by atomic mass is 16.5. The minimum Gasteiger partial charge on any atom is -0.372 e. The standard InChI is InChI=1S/C13H19NO2/c1-10-3-4-12(7-11(10)2)8-13(15)9-16-6-5-14/h3-4,7H,5-6,8-9,14H2,1-2H3. The van der Waals surface area contributed by atoms with Crippen LogP contribution in [0.2, 0.25) is 0 Å². The van der Waals surface area contributed by atoms with E-state index < -0.39 is 0 Å². The molecule has 1 aromatic carbocycles. The minimum atomic E-state index is 0.0942. The first-order chi connectivity index (χ1) is 7.63. The second-order valence-corrected chi connectivity index (χ2v) is 3.98. The monoisotopic (exact) mass is 221 g/mol. The van der Waals surface area contributed by atoms with Crippen LogP contribution in [0.15, 0.2) is 18.2 Å². The lowest BCUT2D eigenvalue weighted by Crippen LogP contribution is -2.16. The van der Waals surface area contributed by atoms with Crippen LogP contribution in [0.4, 0.5) is 0 Å². The molecule has 3 heteroatoms. The van der Waals surface area contributed by atoms with Gasteiger partial charge in [0.1, 0.15) is 6.61 Å². The molecule has 0 unspecified atom stereocenters. The summed E-state index contributed by atoms with van der Waals surface area (Å²) in [4.78, 5) is 11.5. The van der Waals surface area contributed by atoms with Crippen molar-refractivity contribution in [3.05, 3.63) is 34.9 Å². The number of Topliss-reactive ketones (excluding diaryl/α,β-unsaturated/α-hetero) is 1. The van der Waals surface area contributed by atoms with Gasteiger partial charge in [-0.3, -0.25) is 4.79 Å². The smallest absolute Gasteiger partial charge is 0.162 e. The Morgan fingerprint density at radius 1 is 1.31 bits per heavy atom. The summed E-state index contributed by atoms with van der Waals surface area (Å²) >= 11 is 0. The average molecular weight is 221 g/mol. The van der Waals surface area contributed by atoms with Gasteiger partial charge in [0.15, 0.2) is 5.78 Å². The number of aryl methyl sites for hydroxylation is 2. The molecule has 3 nitrogen and oxygen atoms in total. The summed E-state index contributed by atoms with van der Waals surface area (Å²) in [6.07, 6.45) is 0.436. The molecule has 0 atom stereocenters. The number of ether oxygens (including phenoxy) is 1. The fourth-order valence-corrected chi connectivity index (χ4v) is 1.46. The molecular weight excluding hydrogens is 202 g/mol. The maximum atomic E-state index is 11.5. The van der Waals surface area contributed by atoms with Crippen molar-refractivity contribution in [1.82, 2.24) is 0 Å². The van der Waals surface area contributed by atoms with Crippen LogP contribution >= 0.6 is 0 Å². The zero-order valence-corrected chi connectivity index (χ0v) is 9.95. The second-order valence-electron chi connectivity index (χ2n) is 3.98. The largest absolute Gasteiger partial charge is 0.372 e. The predicted molar refractivity (Wildman–Crippen MR) is 64.5 cm³/mol. The molecule has 0 saturated heterocycles. The molecule has 0 aliphatic heterocycles. The lowest BCUT2D eigenvalue weighted by molar-refractivity contribution is -0.122. The number of hydrogen-bond donors (Lipinski definition) is 1. The third-order valence-corrected chi connectivity index (χ3v) is 2.50. The molecule has 0 aromatic heterocycles. The third-order valence-electron chi connectivity index (χ3n) is 2.50. The number of carbonyl (C=O) groups excluding carboxylic acids is 1. The summed E-state index contributed by atoms with van der Waals surface area (Å²) < 4.78 is 5.10. The Hall–Kier alpha value is -1.19. The van der Waals surface area contributed by atoms with E-state index in [0.29, 0.717) is 19.6 Å². The van der Waals surface area contributed by atoms with Crippen molar-refractivity contribution in [1.29, 1.82) is 0 Å². The summed E-state index contributed by atoms with van der Waals surface area (Å²) in [7, 11) is 0. The molecule has 0 saturated carbocycles. The topological polar surface area (TPSA) is 52.3 Å². The summed E-state index contributed by atoms with van der Waals surface area (Å²) in [6, 6.07) is 6.08. The van der Waals surface area contributed by atoms with E-state index >= 15 is 0 Å². The van der Waals surface area contributed by atoms with Crippen molar-refractivity contribution in [3.8, 4) is 0 Å². The van der Waals surface area contributed by atoms with Crippen LogP contribution in [0.3, 0.4) is 0 Å². The van der Waals surface area contributed by atoms with Gasteiger partial charge < -0.3 is 10.5 Å². The highest BCUT2D eigenvalue weighted by Gasteiger charge is 2.04. The fraction of sp³-hybridized carbons (Fsp3) is 0.462. The van der Waals surface area contributed by atoms with Crippen LogP contribution < -0.4 is 5.73 Å². The first-order valence-corrected chi connectivity index (χ1v) is 5.49. The van der Waals surface area contributed by atoms with Gasteiger partial charge in [-0.25, -0.2) is 0 Å². The van der Waals surface area contributed by atoms with E-state index in [1.54, 1.807) is 0 Å². The quantitative estimate of drug-likeness (QED) is 0.738. The number of nitrogens with two attached hydrogens (primary N) is 1. The maximum absolute atomic E-state index is 11.5. The molecule has 0 amide bonds. The molecule has 1 rings (SSSR count). The molecule has 0 radical (unpaired) electrons. The van der Waals surface area contributed by atoms with Gasteiger partial charge in [0, 0.05) is 13.0 Å². The molecule has 2 N–H and O–H groups in total. The molecule has 0 bridgehead atoms. The van der Waals surface area contributed by atoms with Crippen molar-refractivity contribution in [2.24, 2.45) is 5.73 Å². The number of rotatable bonds is 6. The maximum Gasteiger partial charge on any atom is 0.162 e. The van der Waals surface area contributed by atoms with E-state index in [9.17, 15) is 4.79 Å². The lowest BCUT2D eigenvalue weighted by atomic mass is 10.0. The molecule has 0 spiro atoms. The molecule has 88 valence electrons. The zero-order valence-electron chi connectivity index (χ0n) is 9.95. The minimum absolute atomic E-state index is 0.0942. The van der Waals surface area contributed by atoms with E-state index in [1.807, 2.05) is 19.1 Å². The Kier molecular flexibility index (Phi) is 5.15. The van der Waals surface area contributed by atoms with Gasteiger partial charge in [-0.1, -0.05) is 18.2 Å². The highest BCUT2D eigenvalue weighted by molar-refractivity contribution is 5.82. The first kappa shape index (κ1) is 12.9. The average Bonchev–Trinajstić information content (AvgIpc) is 2.24. The second kappa shape index (κ2) is 6.40. The summed E-state index contributed by atoms with van der Waals surface area (Å²) in [5.41, 5.74) is 8.78. The normalized spacial score (nSPS) is 10.4. The van der Waals surface area contributed by atoms with Crippen LogP contribution in [0.25, 0.3) is 0 Å². The van der Waals surface area contributed by atoms with Crippen LogP contribution in [0.5, 0.6) is 0 Å². The Bertz CT molecular complexity index is 361. The number of hydrogen-bond acceptors (Lipinski definition) is 3. The number of ketones is 1. The van der Waals surface area contributed by atoms with Gasteiger partial charge >= 0.3 is 0 Å². The van der Waals surface area contributed by atoms with Crippen molar-refractivity contribution in [2.45, 2.75) is 20.3 Å². The Labute approximate surface area is 96.6 Å². The Morgan fingerprint density at radius 3 is 2.69 bits per heavy atom. The van der Waals surface area contributed by atoms with Gasteiger partial charge in [-0.2, -0.15) is 0 Å². The number of benzene rings is 1. The highest BCUT2D eigenvalue weighted by Crippen LogP contribution is 2.10. The summed E-state index contributed by atoms with van der Waals surface area (Å²) in [6.45, 7) is 5.17. The van der Waals surface area contributed by atoms with Crippen LogP contribution in [0.1, 0.15) is 16.7 Å². The van der Waals surface area contributed by atoms with Gasteiger partial charge in [0.2, 0.25) is 0 Å². The molecule has 0 fully saturated rings. The van der Waals surface area contributed by atoms with Gasteiger partial charge in [-0.15, -0.1) is 0 Å². The molecule has 16 heavy (non-hydrogen) atoms. The van der Waals surface area contributed by atoms with Gasteiger partial charge in [-0.05, 0) is 30.5 Å². The predicted octanol–water partition coefficient (Wildman–Crippen LogP) is 1.39. The van der Waals surface area contributed by atoms with Crippen LogP contribution in [-0.4, -0.2) is 25.5 Å². The molecule has 0 aliphatic carbocycles. The summed E-state index contributed by atoms with van der Waals surface area (Å²) in [5, 5.41) is 0.